The van der Waals surface area contributed by atoms with E-state index in [-0.39, 0.29) is 5.91 Å². The van der Waals surface area contributed by atoms with E-state index in [2.05, 4.69) is 17.1 Å². The first-order valence-electron chi connectivity index (χ1n) is 7.77. The molecule has 0 radical (unpaired) electrons. The molecule has 0 spiro atoms. The van der Waals surface area contributed by atoms with E-state index in [9.17, 15) is 4.79 Å². The summed E-state index contributed by atoms with van der Waals surface area (Å²) in [6.45, 7) is 6.40. The lowest BCUT2D eigenvalue weighted by Gasteiger charge is -2.37. The van der Waals surface area contributed by atoms with E-state index < -0.39 is 5.54 Å². The molecule has 3 N–H and O–H groups in total. The van der Waals surface area contributed by atoms with Crippen molar-refractivity contribution in [1.82, 2.24) is 10.2 Å². The van der Waals surface area contributed by atoms with E-state index in [1.54, 1.807) is 7.11 Å². The molecule has 2 saturated carbocycles. The van der Waals surface area contributed by atoms with Crippen LogP contribution in [-0.2, 0) is 9.53 Å². The van der Waals surface area contributed by atoms with Crippen LogP contribution in [0, 0.1) is 5.92 Å². The van der Waals surface area contributed by atoms with Gasteiger partial charge in [0.2, 0.25) is 5.91 Å². The number of hydrogen-bond donors (Lipinski definition) is 2. The average Bonchev–Trinajstić information content (AvgIpc) is 3.25. The Hall–Kier alpha value is -0.650. The summed E-state index contributed by atoms with van der Waals surface area (Å²) < 4.78 is 5.21. The zero-order chi connectivity index (χ0) is 14.8. The second-order valence-electron chi connectivity index (χ2n) is 6.66. The van der Waals surface area contributed by atoms with E-state index in [1.807, 2.05) is 6.92 Å². The molecule has 20 heavy (non-hydrogen) atoms. The van der Waals surface area contributed by atoms with Crippen LogP contribution in [-0.4, -0.2) is 55.2 Å². The van der Waals surface area contributed by atoms with Crippen molar-refractivity contribution in [1.29, 1.82) is 0 Å². The SMILES string of the molecule is COCCN(CC(C)(NC1CC1)C(N)=O)C(C)C1CC1. The van der Waals surface area contributed by atoms with Crippen LogP contribution in [0.3, 0.4) is 0 Å². The van der Waals surface area contributed by atoms with Crippen molar-refractivity contribution in [2.75, 3.05) is 26.8 Å². The maximum Gasteiger partial charge on any atom is 0.238 e. The minimum atomic E-state index is -0.641. The van der Waals surface area contributed by atoms with E-state index in [1.165, 1.54) is 12.8 Å². The maximum absolute atomic E-state index is 11.9. The van der Waals surface area contributed by atoms with Gasteiger partial charge >= 0.3 is 0 Å². The van der Waals surface area contributed by atoms with Crippen molar-refractivity contribution in [3.63, 3.8) is 0 Å². The van der Waals surface area contributed by atoms with Crippen molar-refractivity contribution < 1.29 is 9.53 Å². The monoisotopic (exact) mass is 283 g/mol. The number of rotatable bonds is 10. The number of nitrogens with two attached hydrogens (primary N) is 1. The van der Waals surface area contributed by atoms with E-state index in [4.69, 9.17) is 10.5 Å². The maximum atomic E-state index is 11.9. The van der Waals surface area contributed by atoms with Gasteiger partial charge in [0.1, 0.15) is 5.54 Å². The Morgan fingerprint density at radius 3 is 2.55 bits per heavy atom. The molecule has 5 nitrogen and oxygen atoms in total. The van der Waals surface area contributed by atoms with E-state index >= 15 is 0 Å². The quantitative estimate of drug-likeness (QED) is 0.620. The Labute approximate surface area is 122 Å². The first kappa shape index (κ1) is 15.7. The molecule has 1 amide bonds. The standard InChI is InChI=1S/C15H29N3O2/c1-11(12-4-5-12)18(8-9-20-3)10-15(2,14(16)19)17-13-6-7-13/h11-13,17H,4-10H2,1-3H3,(H2,16,19). The molecule has 0 aliphatic heterocycles. The third-order valence-electron chi connectivity index (χ3n) is 4.63. The Bertz CT molecular complexity index is 342. The third-order valence-corrected chi connectivity index (χ3v) is 4.63. The molecule has 0 bridgehead atoms. The number of hydrogen-bond acceptors (Lipinski definition) is 4. The lowest BCUT2D eigenvalue weighted by molar-refractivity contribution is -0.125. The summed E-state index contributed by atoms with van der Waals surface area (Å²) in [5.74, 6) is 0.514. The summed E-state index contributed by atoms with van der Waals surface area (Å²) in [5, 5.41) is 3.43. The van der Waals surface area contributed by atoms with Gasteiger partial charge in [0.25, 0.3) is 0 Å². The number of ether oxygens (including phenoxy) is 1. The van der Waals surface area contributed by atoms with Crippen molar-refractivity contribution in [3.8, 4) is 0 Å². The Kier molecular flexibility index (Phi) is 5.04. The molecule has 116 valence electrons. The Morgan fingerprint density at radius 2 is 2.10 bits per heavy atom. The number of carbonyl (C=O) groups excluding carboxylic acids is 1. The normalized spacial score (nSPS) is 23.6. The molecule has 2 atom stereocenters. The first-order chi connectivity index (χ1) is 9.46. The minimum Gasteiger partial charge on any atom is -0.383 e. The van der Waals surface area contributed by atoms with Gasteiger partial charge in [-0.3, -0.25) is 15.0 Å². The van der Waals surface area contributed by atoms with Crippen molar-refractivity contribution in [3.05, 3.63) is 0 Å². The molecule has 0 aromatic heterocycles. The molecular weight excluding hydrogens is 254 g/mol. The van der Waals surface area contributed by atoms with Gasteiger partial charge < -0.3 is 10.5 Å². The van der Waals surface area contributed by atoms with Crippen LogP contribution >= 0.6 is 0 Å². The number of amides is 1. The zero-order valence-electron chi connectivity index (χ0n) is 13.0. The smallest absolute Gasteiger partial charge is 0.238 e. The van der Waals surface area contributed by atoms with Gasteiger partial charge in [0, 0.05) is 32.3 Å². The summed E-state index contributed by atoms with van der Waals surface area (Å²) in [6, 6.07) is 0.956. The van der Waals surface area contributed by atoms with Crippen LogP contribution in [0.4, 0.5) is 0 Å². The average molecular weight is 283 g/mol. The van der Waals surface area contributed by atoms with Crippen LogP contribution in [0.2, 0.25) is 0 Å². The number of nitrogens with zero attached hydrogens (tertiary/aromatic N) is 1. The molecule has 5 heteroatoms. The molecule has 0 aromatic carbocycles. The molecule has 0 saturated heterocycles. The van der Waals surface area contributed by atoms with Crippen molar-refractivity contribution in [2.45, 2.75) is 57.2 Å². The lowest BCUT2D eigenvalue weighted by atomic mass is 9.98. The predicted molar refractivity (Wildman–Crippen MR) is 79.4 cm³/mol. The van der Waals surface area contributed by atoms with Gasteiger partial charge in [0.15, 0.2) is 0 Å². The molecule has 2 fully saturated rings. The summed E-state index contributed by atoms with van der Waals surface area (Å²) >= 11 is 0. The van der Waals surface area contributed by atoms with Crippen molar-refractivity contribution in [2.24, 2.45) is 11.7 Å². The van der Waals surface area contributed by atoms with E-state index in [0.29, 0.717) is 25.2 Å². The van der Waals surface area contributed by atoms with Gasteiger partial charge in [-0.15, -0.1) is 0 Å². The summed E-state index contributed by atoms with van der Waals surface area (Å²) in [6.07, 6.45) is 4.90. The topological polar surface area (TPSA) is 67.6 Å². The Balaban J connectivity index is 1.99. The highest BCUT2D eigenvalue weighted by molar-refractivity contribution is 5.84. The van der Waals surface area contributed by atoms with Gasteiger partial charge in [0.05, 0.1) is 6.61 Å². The second-order valence-corrected chi connectivity index (χ2v) is 6.66. The summed E-state index contributed by atoms with van der Waals surface area (Å²) in [7, 11) is 1.72. The highest BCUT2D eigenvalue weighted by atomic mass is 16.5. The van der Waals surface area contributed by atoms with E-state index in [0.717, 1.165) is 25.3 Å². The van der Waals surface area contributed by atoms with Crippen LogP contribution in [0.5, 0.6) is 0 Å². The molecular formula is C15H29N3O2. The van der Waals surface area contributed by atoms with Gasteiger partial charge in [-0.2, -0.15) is 0 Å². The number of nitrogens with one attached hydrogen (secondary N) is 1. The molecule has 0 aromatic rings. The van der Waals surface area contributed by atoms with Crippen molar-refractivity contribution >= 4 is 5.91 Å². The summed E-state index contributed by atoms with van der Waals surface area (Å²) in [4.78, 5) is 14.3. The molecule has 0 heterocycles. The van der Waals surface area contributed by atoms with Crippen LogP contribution < -0.4 is 11.1 Å². The fraction of sp³-hybridized carbons (Fsp3) is 0.933. The fourth-order valence-corrected chi connectivity index (χ4v) is 2.79. The van der Waals surface area contributed by atoms with Gasteiger partial charge in [-0.05, 0) is 45.4 Å². The summed E-state index contributed by atoms with van der Waals surface area (Å²) in [5.41, 5.74) is 5.02. The zero-order valence-corrected chi connectivity index (χ0v) is 13.0. The minimum absolute atomic E-state index is 0.255. The Morgan fingerprint density at radius 1 is 1.45 bits per heavy atom. The lowest BCUT2D eigenvalue weighted by Crippen LogP contribution is -2.61. The van der Waals surface area contributed by atoms with Gasteiger partial charge in [-0.25, -0.2) is 0 Å². The van der Waals surface area contributed by atoms with Crippen LogP contribution in [0.1, 0.15) is 39.5 Å². The largest absolute Gasteiger partial charge is 0.383 e. The number of primary amides is 1. The fourth-order valence-electron chi connectivity index (χ4n) is 2.79. The van der Waals surface area contributed by atoms with Crippen LogP contribution in [0.15, 0.2) is 0 Å². The molecule has 2 rings (SSSR count). The third kappa shape index (κ3) is 4.17. The number of carbonyl (C=O) groups is 1. The predicted octanol–water partition coefficient (Wildman–Crippen LogP) is 0.729. The molecule has 2 aliphatic rings. The first-order valence-corrected chi connectivity index (χ1v) is 7.77. The van der Waals surface area contributed by atoms with Gasteiger partial charge in [-0.1, -0.05) is 0 Å². The molecule has 2 aliphatic carbocycles. The number of methoxy groups -OCH3 is 1. The second kappa shape index (κ2) is 6.41. The highest BCUT2D eigenvalue weighted by Gasteiger charge is 2.41. The van der Waals surface area contributed by atoms with Crippen LogP contribution in [0.25, 0.3) is 0 Å². The molecule has 2 unspecified atom stereocenters. The highest BCUT2D eigenvalue weighted by Crippen LogP contribution is 2.35.